The summed E-state index contributed by atoms with van der Waals surface area (Å²) < 4.78 is 39.8. The second-order valence-corrected chi connectivity index (χ2v) is 8.35. The van der Waals surface area contributed by atoms with Gasteiger partial charge in [-0.15, -0.1) is 0 Å². The molecular formula is C16H17ClFN3O3S. The van der Waals surface area contributed by atoms with E-state index in [4.69, 9.17) is 11.6 Å². The summed E-state index contributed by atoms with van der Waals surface area (Å²) >= 11 is 6.00. The van der Waals surface area contributed by atoms with Crippen LogP contribution in [-0.4, -0.2) is 35.1 Å². The second-order valence-electron chi connectivity index (χ2n) is 5.97. The molecule has 1 aliphatic heterocycles. The first-order valence-electron chi connectivity index (χ1n) is 7.72. The van der Waals surface area contributed by atoms with Crippen LogP contribution in [0.1, 0.15) is 16.8 Å². The molecule has 0 bridgehead atoms. The van der Waals surface area contributed by atoms with Gasteiger partial charge in [0.1, 0.15) is 5.82 Å². The van der Waals surface area contributed by atoms with E-state index in [1.807, 2.05) is 0 Å². The molecule has 1 aromatic heterocycles. The number of fused-ring (bicyclic) bond motifs is 1. The zero-order valence-electron chi connectivity index (χ0n) is 13.6. The Morgan fingerprint density at radius 1 is 1.36 bits per heavy atom. The molecule has 0 saturated carbocycles. The molecule has 3 rings (SSSR count). The summed E-state index contributed by atoms with van der Waals surface area (Å²) in [7, 11) is -3.32. The summed E-state index contributed by atoms with van der Waals surface area (Å²) in [6.45, 7) is 0.602. The van der Waals surface area contributed by atoms with E-state index in [-0.39, 0.29) is 31.6 Å². The molecule has 134 valence electrons. The van der Waals surface area contributed by atoms with Crippen LogP contribution < -0.4 is 5.56 Å². The highest BCUT2D eigenvalue weighted by atomic mass is 35.5. The molecule has 1 aliphatic rings. The number of hydrogen-bond acceptors (Lipinski definition) is 4. The first-order valence-corrected chi connectivity index (χ1v) is 9.95. The summed E-state index contributed by atoms with van der Waals surface area (Å²) in [5.41, 5.74) is 1.13. The van der Waals surface area contributed by atoms with Crippen molar-refractivity contribution in [3.05, 3.63) is 62.5 Å². The highest BCUT2D eigenvalue weighted by molar-refractivity contribution is 7.88. The Morgan fingerprint density at radius 3 is 2.80 bits per heavy atom. The summed E-state index contributed by atoms with van der Waals surface area (Å²) in [5, 5.41) is 0.322. The third-order valence-corrected chi connectivity index (χ3v) is 5.89. The van der Waals surface area contributed by atoms with Crippen molar-refractivity contribution < 1.29 is 12.8 Å². The van der Waals surface area contributed by atoms with Gasteiger partial charge in [0.25, 0.3) is 5.56 Å². The molecule has 25 heavy (non-hydrogen) atoms. The predicted octanol–water partition coefficient (Wildman–Crippen LogP) is 1.60. The normalized spacial score (nSPS) is 15.2. The zero-order chi connectivity index (χ0) is 18.2. The number of aryl methyl sites for hydroxylation is 1. The number of sulfonamides is 1. The third-order valence-electron chi connectivity index (χ3n) is 4.29. The predicted molar refractivity (Wildman–Crippen MR) is 92.6 cm³/mol. The Kier molecular flexibility index (Phi) is 4.95. The summed E-state index contributed by atoms with van der Waals surface area (Å²) in [6, 6.07) is 4.46. The maximum atomic E-state index is 13.8. The lowest BCUT2D eigenvalue weighted by Crippen LogP contribution is -2.39. The lowest BCUT2D eigenvalue weighted by molar-refractivity contribution is 0.384. The monoisotopic (exact) mass is 385 g/mol. The van der Waals surface area contributed by atoms with E-state index in [0.717, 1.165) is 6.26 Å². The van der Waals surface area contributed by atoms with Crippen LogP contribution in [0.2, 0.25) is 5.02 Å². The van der Waals surface area contributed by atoms with Gasteiger partial charge in [0.05, 0.1) is 24.8 Å². The molecular weight excluding hydrogens is 369 g/mol. The van der Waals surface area contributed by atoms with Crippen molar-refractivity contribution in [3.63, 3.8) is 0 Å². The quantitative estimate of drug-likeness (QED) is 0.801. The smallest absolute Gasteiger partial charge is 0.256 e. The van der Waals surface area contributed by atoms with E-state index in [0.29, 0.717) is 28.3 Å². The van der Waals surface area contributed by atoms with Gasteiger partial charge in [-0.05, 0) is 25.0 Å². The lowest BCUT2D eigenvalue weighted by atomic mass is 10.1. The molecule has 0 amide bonds. The third kappa shape index (κ3) is 3.75. The number of nitrogens with zero attached hydrogens (tertiary/aromatic N) is 3. The van der Waals surface area contributed by atoms with Crippen LogP contribution in [0.4, 0.5) is 4.39 Å². The molecule has 2 aromatic rings. The van der Waals surface area contributed by atoms with Gasteiger partial charge in [0.2, 0.25) is 10.0 Å². The molecule has 6 nitrogen and oxygen atoms in total. The van der Waals surface area contributed by atoms with E-state index in [9.17, 15) is 17.6 Å². The SMILES string of the molecule is CS(=O)(=O)N1CCc2c(ncn(CCc3c(F)cccc3Cl)c2=O)C1. The number of benzene rings is 1. The van der Waals surface area contributed by atoms with E-state index in [1.165, 1.54) is 27.3 Å². The highest BCUT2D eigenvalue weighted by Gasteiger charge is 2.26. The average molecular weight is 386 g/mol. The molecule has 0 N–H and O–H groups in total. The molecule has 0 unspecified atom stereocenters. The van der Waals surface area contributed by atoms with Crippen molar-refractivity contribution in [2.45, 2.75) is 25.9 Å². The molecule has 0 saturated heterocycles. The minimum Gasteiger partial charge on any atom is -0.299 e. The summed E-state index contributed by atoms with van der Waals surface area (Å²) in [5.74, 6) is -0.407. The lowest BCUT2D eigenvalue weighted by Gasteiger charge is -2.25. The van der Waals surface area contributed by atoms with Crippen molar-refractivity contribution in [3.8, 4) is 0 Å². The van der Waals surface area contributed by atoms with Crippen molar-refractivity contribution in [2.24, 2.45) is 0 Å². The molecule has 2 heterocycles. The molecule has 0 radical (unpaired) electrons. The van der Waals surface area contributed by atoms with Gasteiger partial charge in [-0.25, -0.2) is 17.8 Å². The Labute approximate surface area is 149 Å². The van der Waals surface area contributed by atoms with Crippen molar-refractivity contribution >= 4 is 21.6 Å². The number of hydrogen-bond donors (Lipinski definition) is 0. The van der Waals surface area contributed by atoms with Crippen molar-refractivity contribution in [1.29, 1.82) is 0 Å². The molecule has 0 fully saturated rings. The van der Waals surface area contributed by atoms with Gasteiger partial charge in [0, 0.05) is 29.2 Å². The topological polar surface area (TPSA) is 72.3 Å². The summed E-state index contributed by atoms with van der Waals surface area (Å²) in [6.07, 6.45) is 3.09. The largest absolute Gasteiger partial charge is 0.299 e. The minimum atomic E-state index is -3.32. The van der Waals surface area contributed by atoms with Gasteiger partial charge in [-0.1, -0.05) is 17.7 Å². The number of halogens is 2. The van der Waals surface area contributed by atoms with Crippen molar-refractivity contribution in [1.82, 2.24) is 13.9 Å². The first kappa shape index (κ1) is 18.0. The van der Waals surface area contributed by atoms with Crippen LogP contribution >= 0.6 is 11.6 Å². The molecule has 0 atom stereocenters. The average Bonchev–Trinajstić information content (AvgIpc) is 2.55. The minimum absolute atomic E-state index is 0.101. The van der Waals surface area contributed by atoms with E-state index in [2.05, 4.69) is 4.98 Å². The van der Waals surface area contributed by atoms with E-state index >= 15 is 0 Å². The number of aromatic nitrogens is 2. The second kappa shape index (κ2) is 6.86. The van der Waals surface area contributed by atoms with Crippen molar-refractivity contribution in [2.75, 3.05) is 12.8 Å². The highest BCUT2D eigenvalue weighted by Crippen LogP contribution is 2.20. The fourth-order valence-electron chi connectivity index (χ4n) is 2.88. The first-order chi connectivity index (χ1) is 11.8. The molecule has 0 aliphatic carbocycles. The van der Waals surface area contributed by atoms with E-state index in [1.54, 1.807) is 6.07 Å². The summed E-state index contributed by atoms with van der Waals surface area (Å²) in [4.78, 5) is 16.8. The van der Waals surface area contributed by atoms with Gasteiger partial charge in [-0.3, -0.25) is 9.36 Å². The maximum Gasteiger partial charge on any atom is 0.256 e. The van der Waals surface area contributed by atoms with E-state index < -0.39 is 15.8 Å². The van der Waals surface area contributed by atoms with Gasteiger partial charge < -0.3 is 0 Å². The zero-order valence-corrected chi connectivity index (χ0v) is 15.1. The van der Waals surface area contributed by atoms with Crippen LogP contribution in [0.3, 0.4) is 0 Å². The maximum absolute atomic E-state index is 13.8. The van der Waals surface area contributed by atoms with Crippen LogP contribution in [0, 0.1) is 5.82 Å². The van der Waals surface area contributed by atoms with Gasteiger partial charge in [0.15, 0.2) is 0 Å². The van der Waals surface area contributed by atoms with Crippen LogP contribution in [0.25, 0.3) is 0 Å². The Bertz CT molecular complexity index is 955. The standard InChI is InChI=1S/C16H17ClFN3O3S/c1-25(23,24)21-8-6-12-15(9-21)19-10-20(16(12)22)7-5-11-13(17)3-2-4-14(11)18/h2-4,10H,5-9H2,1H3. The Hall–Kier alpha value is -1.77. The fraction of sp³-hybridized carbons (Fsp3) is 0.375. The Balaban J connectivity index is 1.83. The molecule has 1 aromatic carbocycles. The Morgan fingerprint density at radius 2 is 2.12 bits per heavy atom. The number of rotatable bonds is 4. The van der Waals surface area contributed by atoms with Gasteiger partial charge >= 0.3 is 0 Å². The van der Waals surface area contributed by atoms with Gasteiger partial charge in [-0.2, -0.15) is 4.31 Å². The fourth-order valence-corrected chi connectivity index (χ4v) is 3.92. The van der Waals surface area contributed by atoms with Crippen LogP contribution in [0.5, 0.6) is 0 Å². The molecule has 9 heteroatoms. The molecule has 0 spiro atoms. The van der Waals surface area contributed by atoms with Crippen LogP contribution in [-0.2, 0) is 36.0 Å². The van der Waals surface area contributed by atoms with Crippen LogP contribution in [0.15, 0.2) is 29.3 Å².